The number of benzene rings is 1. The predicted octanol–water partition coefficient (Wildman–Crippen LogP) is 2.71. The van der Waals surface area contributed by atoms with Crippen molar-refractivity contribution in [2.75, 3.05) is 0 Å². The van der Waals surface area contributed by atoms with Crippen LogP contribution in [-0.2, 0) is 6.18 Å². The van der Waals surface area contributed by atoms with Gasteiger partial charge in [-0.3, -0.25) is 14.9 Å². The molecular weight excluding hydrogens is 253 g/mol. The molecule has 94 valence electrons. The Morgan fingerprint density at radius 3 is 2.50 bits per heavy atom. The van der Waals surface area contributed by atoms with Crippen LogP contribution < -0.4 is 0 Å². The lowest BCUT2D eigenvalue weighted by Gasteiger charge is -2.09. The number of carbonyl (C=O) groups is 1. The number of hydrogen-bond donors (Lipinski definition) is 0. The summed E-state index contributed by atoms with van der Waals surface area (Å²) in [4.78, 5) is 20.8. The molecule has 5 nitrogen and oxygen atoms in total. The molecule has 0 aromatic heterocycles. The summed E-state index contributed by atoms with van der Waals surface area (Å²) in [5, 5.41) is 19.0. The van der Waals surface area contributed by atoms with Gasteiger partial charge in [-0.15, -0.1) is 0 Å². The number of nitriles is 1. The monoisotopic (exact) mass is 258 g/mol. The maximum atomic E-state index is 12.6. The van der Waals surface area contributed by atoms with Gasteiger partial charge in [-0.2, -0.15) is 18.4 Å². The Hall–Kier alpha value is -2.43. The lowest BCUT2D eigenvalue weighted by molar-refractivity contribution is -0.388. The van der Waals surface area contributed by atoms with Crippen LogP contribution >= 0.6 is 0 Å². The number of Topliss-reactive ketones (excluding diaryl/α,β-unsaturated/α-hetero) is 1. The van der Waals surface area contributed by atoms with Crippen LogP contribution in [-0.4, -0.2) is 10.7 Å². The van der Waals surface area contributed by atoms with E-state index in [1.165, 1.54) is 6.07 Å². The molecule has 0 bridgehead atoms. The van der Waals surface area contributed by atoms with Crippen molar-refractivity contribution in [2.45, 2.75) is 12.6 Å². The predicted molar refractivity (Wildman–Crippen MR) is 52.7 cm³/mol. The van der Waals surface area contributed by atoms with Crippen molar-refractivity contribution in [1.82, 2.24) is 0 Å². The van der Waals surface area contributed by atoms with Crippen molar-refractivity contribution in [1.29, 1.82) is 5.26 Å². The second-order valence-electron chi connectivity index (χ2n) is 3.21. The maximum absolute atomic E-state index is 12.6. The molecule has 0 aliphatic heterocycles. The van der Waals surface area contributed by atoms with Crippen molar-refractivity contribution in [2.24, 2.45) is 0 Å². The summed E-state index contributed by atoms with van der Waals surface area (Å²) in [5.41, 5.74) is -3.53. The van der Waals surface area contributed by atoms with E-state index in [-0.39, 0.29) is 0 Å². The van der Waals surface area contributed by atoms with Gasteiger partial charge < -0.3 is 0 Å². The van der Waals surface area contributed by atoms with E-state index in [4.69, 9.17) is 5.26 Å². The molecule has 1 rings (SSSR count). The molecule has 0 aliphatic rings. The molecule has 0 heterocycles. The van der Waals surface area contributed by atoms with Crippen LogP contribution in [0.25, 0.3) is 0 Å². The van der Waals surface area contributed by atoms with E-state index in [2.05, 4.69) is 0 Å². The van der Waals surface area contributed by atoms with Crippen LogP contribution in [0.1, 0.15) is 22.3 Å². The number of nitro groups is 1. The molecule has 1 aromatic rings. The molecule has 0 unspecified atom stereocenters. The molecule has 8 heteroatoms. The average molecular weight is 258 g/mol. The van der Waals surface area contributed by atoms with Crippen molar-refractivity contribution in [3.63, 3.8) is 0 Å². The van der Waals surface area contributed by atoms with E-state index >= 15 is 0 Å². The van der Waals surface area contributed by atoms with Gasteiger partial charge in [0.2, 0.25) is 0 Å². The third-order valence-corrected chi connectivity index (χ3v) is 2.06. The first kappa shape index (κ1) is 13.6. The summed E-state index contributed by atoms with van der Waals surface area (Å²) >= 11 is 0. The molecule has 18 heavy (non-hydrogen) atoms. The van der Waals surface area contributed by atoms with Gasteiger partial charge in [-0.05, 0) is 12.1 Å². The third-order valence-electron chi connectivity index (χ3n) is 2.06. The average Bonchev–Trinajstić information content (AvgIpc) is 2.27. The minimum atomic E-state index is -4.94. The number of hydrogen-bond acceptors (Lipinski definition) is 4. The van der Waals surface area contributed by atoms with Gasteiger partial charge in [-0.1, -0.05) is 6.07 Å². The lowest BCUT2D eigenvalue weighted by atomic mass is 10.0. The first-order chi connectivity index (χ1) is 8.29. The van der Waals surface area contributed by atoms with Crippen molar-refractivity contribution < 1.29 is 22.9 Å². The Morgan fingerprint density at radius 2 is 2.06 bits per heavy atom. The summed E-state index contributed by atoms with van der Waals surface area (Å²) in [6.45, 7) is 0. The van der Waals surface area contributed by atoms with Gasteiger partial charge in [0.05, 0.1) is 23.0 Å². The molecule has 0 spiro atoms. The van der Waals surface area contributed by atoms with E-state index in [0.717, 1.165) is 12.1 Å². The van der Waals surface area contributed by atoms with Crippen LogP contribution in [0.15, 0.2) is 18.2 Å². The highest BCUT2D eigenvalue weighted by molar-refractivity contribution is 6.01. The third kappa shape index (κ3) is 2.63. The van der Waals surface area contributed by atoms with Gasteiger partial charge in [-0.25, -0.2) is 0 Å². The highest BCUT2D eigenvalue weighted by Crippen LogP contribution is 2.38. The topological polar surface area (TPSA) is 84.0 Å². The first-order valence-corrected chi connectivity index (χ1v) is 4.53. The zero-order valence-electron chi connectivity index (χ0n) is 8.69. The van der Waals surface area contributed by atoms with Crippen molar-refractivity contribution in [3.8, 4) is 6.07 Å². The Labute approximate surface area is 98.6 Å². The Morgan fingerprint density at radius 1 is 1.44 bits per heavy atom. The van der Waals surface area contributed by atoms with Crippen LogP contribution in [0.4, 0.5) is 18.9 Å². The molecule has 0 atom stereocenters. The largest absolute Gasteiger partial charge is 0.423 e. The van der Waals surface area contributed by atoms with Gasteiger partial charge >= 0.3 is 6.18 Å². The summed E-state index contributed by atoms with van der Waals surface area (Å²) in [7, 11) is 0. The van der Waals surface area contributed by atoms with Crippen LogP contribution in [0, 0.1) is 21.4 Å². The quantitative estimate of drug-likeness (QED) is 0.474. The SMILES string of the molecule is N#CCC(=O)c1cccc(C(F)(F)F)c1[N+](=O)[O-]. The second-order valence-corrected chi connectivity index (χ2v) is 3.21. The number of alkyl halides is 3. The van der Waals surface area contributed by atoms with Gasteiger partial charge in [0.15, 0.2) is 5.78 Å². The molecule has 0 N–H and O–H groups in total. The molecule has 0 fully saturated rings. The molecule has 0 saturated heterocycles. The van der Waals surface area contributed by atoms with Gasteiger partial charge in [0, 0.05) is 0 Å². The standard InChI is InChI=1S/C10H5F3N2O3/c11-10(12,13)7-3-1-2-6(8(16)4-5-14)9(7)15(17)18/h1-3H,4H2. The van der Waals surface area contributed by atoms with Crippen LogP contribution in [0.2, 0.25) is 0 Å². The van der Waals surface area contributed by atoms with Crippen molar-refractivity contribution >= 4 is 11.5 Å². The summed E-state index contributed by atoms with van der Waals surface area (Å²) in [6, 6.07) is 3.74. The summed E-state index contributed by atoms with van der Waals surface area (Å²) in [6.07, 6.45) is -5.66. The minimum absolute atomic E-state index is 0.515. The number of nitrogens with zero attached hydrogens (tertiary/aromatic N) is 2. The fraction of sp³-hybridized carbons (Fsp3) is 0.200. The molecule has 0 saturated carbocycles. The van der Waals surface area contributed by atoms with Crippen LogP contribution in [0.3, 0.4) is 0 Å². The van der Waals surface area contributed by atoms with Gasteiger partial charge in [0.1, 0.15) is 5.56 Å². The number of carbonyl (C=O) groups excluding carboxylic acids is 1. The van der Waals surface area contributed by atoms with E-state index in [1.807, 2.05) is 0 Å². The zero-order valence-corrected chi connectivity index (χ0v) is 8.69. The number of para-hydroxylation sites is 1. The summed E-state index contributed by atoms with van der Waals surface area (Å²) in [5.74, 6) is -1.02. The lowest BCUT2D eigenvalue weighted by Crippen LogP contribution is -2.13. The fourth-order valence-electron chi connectivity index (χ4n) is 1.36. The maximum Gasteiger partial charge on any atom is 0.423 e. The highest BCUT2D eigenvalue weighted by Gasteiger charge is 2.40. The first-order valence-electron chi connectivity index (χ1n) is 4.53. The molecule has 0 amide bonds. The molecule has 0 aliphatic carbocycles. The van der Waals surface area contributed by atoms with E-state index in [1.54, 1.807) is 0 Å². The Bertz CT molecular complexity index is 546. The van der Waals surface area contributed by atoms with E-state index in [9.17, 15) is 28.1 Å². The Kier molecular flexibility index (Phi) is 3.66. The number of rotatable bonds is 3. The number of ketones is 1. The minimum Gasteiger partial charge on any atom is -0.293 e. The Balaban J connectivity index is 3.51. The zero-order chi connectivity index (χ0) is 13.9. The van der Waals surface area contributed by atoms with Gasteiger partial charge in [0.25, 0.3) is 5.69 Å². The van der Waals surface area contributed by atoms with E-state index in [0.29, 0.717) is 6.07 Å². The smallest absolute Gasteiger partial charge is 0.293 e. The summed E-state index contributed by atoms with van der Waals surface area (Å²) < 4.78 is 37.7. The number of halogens is 3. The van der Waals surface area contributed by atoms with Crippen LogP contribution in [0.5, 0.6) is 0 Å². The number of nitro benzene ring substituents is 1. The second kappa shape index (κ2) is 4.83. The molecular formula is C10H5F3N2O3. The highest BCUT2D eigenvalue weighted by atomic mass is 19.4. The fourth-order valence-corrected chi connectivity index (χ4v) is 1.36. The van der Waals surface area contributed by atoms with E-state index < -0.39 is 40.1 Å². The normalized spacial score (nSPS) is 10.8. The van der Waals surface area contributed by atoms with Crippen molar-refractivity contribution in [3.05, 3.63) is 39.4 Å². The molecule has 1 aromatic carbocycles. The molecule has 0 radical (unpaired) electrons.